The van der Waals surface area contributed by atoms with Gasteiger partial charge in [-0.25, -0.2) is 0 Å². The summed E-state index contributed by atoms with van der Waals surface area (Å²) < 4.78 is 117. The molecule has 0 saturated heterocycles. The van der Waals surface area contributed by atoms with Crippen LogP contribution in [-0.4, -0.2) is 48.1 Å². The summed E-state index contributed by atoms with van der Waals surface area (Å²) in [7, 11) is 4.55. The number of hydrogen-bond acceptors (Lipinski definition) is 7. The van der Waals surface area contributed by atoms with E-state index in [-0.39, 0.29) is 30.3 Å². The van der Waals surface area contributed by atoms with E-state index in [0.29, 0.717) is 28.7 Å². The molecule has 0 aliphatic rings. The third-order valence-corrected chi connectivity index (χ3v) is 13.9. The summed E-state index contributed by atoms with van der Waals surface area (Å²) >= 11 is 0. The van der Waals surface area contributed by atoms with Crippen LogP contribution in [0.3, 0.4) is 0 Å². The van der Waals surface area contributed by atoms with Crippen molar-refractivity contribution in [3.63, 3.8) is 0 Å². The molecule has 0 fully saturated rings. The SMILES string of the molecule is C=C(Cc1cc(C(F)(F)F)cc(C(F)(F)F)c1)N[C@H](CN=P(c1cc(C)c(C)c(C)c1)(c1cc(C)c(OC)c(OC)c1)c1cc(OC)c(OC)c(OC)c1)C(C)(C)C. The molecule has 4 aromatic carbocycles. The maximum Gasteiger partial charge on any atom is 0.416 e. The number of halogens is 6. The first-order valence-corrected chi connectivity index (χ1v) is 20.1. The molecule has 316 valence electrons. The Morgan fingerprint density at radius 2 is 1.03 bits per heavy atom. The Bertz CT molecular complexity index is 2130. The van der Waals surface area contributed by atoms with Gasteiger partial charge in [-0.2, -0.15) is 26.3 Å². The zero-order valence-electron chi connectivity index (χ0n) is 35.1. The van der Waals surface area contributed by atoms with Crippen molar-refractivity contribution in [3.8, 4) is 28.7 Å². The van der Waals surface area contributed by atoms with Gasteiger partial charge in [-0.3, -0.25) is 4.74 Å². The topological polar surface area (TPSA) is 70.5 Å². The Morgan fingerprint density at radius 1 is 0.621 bits per heavy atom. The average Bonchev–Trinajstić information content (AvgIpc) is 3.14. The van der Waals surface area contributed by atoms with Gasteiger partial charge < -0.3 is 29.0 Å². The predicted octanol–water partition coefficient (Wildman–Crippen LogP) is 10.2. The number of hydrogen-bond donors (Lipinski definition) is 1. The lowest BCUT2D eigenvalue weighted by Crippen LogP contribution is -2.42. The largest absolute Gasteiger partial charge is 0.493 e. The van der Waals surface area contributed by atoms with Crippen LogP contribution in [0.4, 0.5) is 26.3 Å². The number of rotatable bonds is 14. The first-order chi connectivity index (χ1) is 26.9. The number of methoxy groups -OCH3 is 5. The quantitative estimate of drug-likeness (QED) is 0.101. The van der Waals surface area contributed by atoms with Crippen LogP contribution in [0.2, 0.25) is 0 Å². The monoisotopic (exact) mass is 834 g/mol. The van der Waals surface area contributed by atoms with E-state index in [1.54, 1.807) is 14.2 Å². The van der Waals surface area contributed by atoms with E-state index in [9.17, 15) is 26.3 Å². The molecule has 0 bridgehead atoms. The molecule has 0 heterocycles. The molecule has 4 aromatic rings. The third kappa shape index (κ3) is 9.73. The van der Waals surface area contributed by atoms with E-state index < -0.39 is 42.0 Å². The molecule has 0 aromatic heterocycles. The van der Waals surface area contributed by atoms with E-state index in [1.165, 1.54) is 21.3 Å². The summed E-state index contributed by atoms with van der Waals surface area (Å²) in [6.45, 7) is 18.2. The van der Waals surface area contributed by atoms with Gasteiger partial charge in [-0.1, -0.05) is 27.4 Å². The van der Waals surface area contributed by atoms with Crippen LogP contribution in [0.5, 0.6) is 28.7 Å². The van der Waals surface area contributed by atoms with Crippen LogP contribution >= 0.6 is 7.05 Å². The maximum atomic E-state index is 13.7. The lowest BCUT2D eigenvalue weighted by molar-refractivity contribution is -0.143. The summed E-state index contributed by atoms with van der Waals surface area (Å²) in [6.07, 6.45) is -10.3. The minimum Gasteiger partial charge on any atom is -0.493 e. The number of alkyl halides is 6. The van der Waals surface area contributed by atoms with Crippen molar-refractivity contribution >= 4 is 23.0 Å². The normalized spacial score (nSPS) is 13.6. The second kappa shape index (κ2) is 17.6. The van der Waals surface area contributed by atoms with Crippen LogP contribution in [-0.2, 0) is 18.8 Å². The van der Waals surface area contributed by atoms with Gasteiger partial charge in [0, 0.05) is 28.0 Å². The number of benzene rings is 4. The summed E-state index contributed by atoms with van der Waals surface area (Å²) in [6, 6.07) is 13.0. The highest BCUT2D eigenvalue weighted by atomic mass is 31.2. The number of aryl methyl sites for hydroxylation is 3. The van der Waals surface area contributed by atoms with Crippen molar-refractivity contribution in [1.82, 2.24) is 5.32 Å². The fourth-order valence-corrected chi connectivity index (χ4v) is 10.7. The Labute approximate surface area is 337 Å². The highest BCUT2D eigenvalue weighted by molar-refractivity contribution is 7.87. The summed E-state index contributed by atoms with van der Waals surface area (Å²) in [5, 5.41) is 5.83. The van der Waals surface area contributed by atoms with Crippen molar-refractivity contribution in [3.05, 3.63) is 106 Å². The highest BCUT2D eigenvalue weighted by Crippen LogP contribution is 2.52. The van der Waals surface area contributed by atoms with Crippen LogP contribution in [0.1, 0.15) is 59.7 Å². The van der Waals surface area contributed by atoms with Crippen molar-refractivity contribution in [2.24, 2.45) is 10.2 Å². The fourth-order valence-electron chi connectivity index (χ4n) is 6.87. The van der Waals surface area contributed by atoms with E-state index in [1.807, 2.05) is 65.8 Å². The molecule has 1 unspecified atom stereocenters. The number of allylic oxidation sites excluding steroid dienone is 1. The molecule has 4 rings (SSSR count). The van der Waals surface area contributed by atoms with Gasteiger partial charge in [0.25, 0.3) is 0 Å². The first kappa shape index (κ1) is 45.9. The second-order valence-corrected chi connectivity index (χ2v) is 18.4. The zero-order chi connectivity index (χ0) is 43.5. The lowest BCUT2D eigenvalue weighted by Gasteiger charge is -2.35. The summed E-state index contributed by atoms with van der Waals surface area (Å²) in [4.78, 5) is 0. The molecule has 2 atom stereocenters. The Kier molecular flexibility index (Phi) is 13.9. The fraction of sp³-hybridized carbons (Fsp3) is 0.409. The molecule has 0 radical (unpaired) electrons. The minimum absolute atomic E-state index is 0.118. The van der Waals surface area contributed by atoms with Gasteiger partial charge in [0.1, 0.15) is 0 Å². The Morgan fingerprint density at radius 3 is 1.45 bits per heavy atom. The number of ether oxygens (including phenoxy) is 5. The molecule has 14 heteroatoms. The van der Waals surface area contributed by atoms with Gasteiger partial charge in [-0.05, 0) is 116 Å². The van der Waals surface area contributed by atoms with Gasteiger partial charge in [-0.15, -0.1) is 0 Å². The standard InChI is InChI=1S/C44H53F6N2O5P/c1-25-14-33(15-26(2)29(25)5)58(34-16-27(3)40(56-12)36(21-34)53-9,35-22-37(54-10)41(57-13)38(23-35)55-11)51-24-39(42(6,7)8)52-28(4)17-30-18-31(43(45,46)47)20-32(19-30)44(48,49)50/h14-16,18-23,39,52H,4,17,24H2,1-3,5-13H3/t39-,58?/m1/s1. The summed E-state index contributed by atoms with van der Waals surface area (Å²) in [5.74, 6) is 2.25. The molecule has 0 spiro atoms. The van der Waals surface area contributed by atoms with E-state index in [4.69, 9.17) is 28.4 Å². The zero-order valence-corrected chi connectivity index (χ0v) is 36.0. The van der Waals surface area contributed by atoms with E-state index in [0.717, 1.165) is 50.3 Å². The molecule has 0 amide bonds. The minimum atomic E-state index is -4.98. The van der Waals surface area contributed by atoms with Crippen molar-refractivity contribution < 1.29 is 50.0 Å². The van der Waals surface area contributed by atoms with Crippen LogP contribution < -0.4 is 44.9 Å². The Balaban J connectivity index is 2.06. The molecule has 58 heavy (non-hydrogen) atoms. The predicted molar refractivity (Wildman–Crippen MR) is 220 cm³/mol. The van der Waals surface area contributed by atoms with Gasteiger partial charge in [0.2, 0.25) is 5.75 Å². The molecule has 1 N–H and O–H groups in total. The van der Waals surface area contributed by atoms with Crippen molar-refractivity contribution in [2.45, 2.75) is 73.3 Å². The first-order valence-electron chi connectivity index (χ1n) is 18.4. The molecular weight excluding hydrogens is 781 g/mol. The van der Waals surface area contributed by atoms with Crippen molar-refractivity contribution in [2.75, 3.05) is 42.1 Å². The number of nitrogens with zero attached hydrogens (tertiary/aromatic N) is 1. The molecule has 0 aliphatic heterocycles. The van der Waals surface area contributed by atoms with Crippen molar-refractivity contribution in [1.29, 1.82) is 0 Å². The molecular formula is C44H53F6N2O5P. The average molecular weight is 835 g/mol. The third-order valence-electron chi connectivity index (χ3n) is 10.3. The Hall–Kier alpha value is -4.77. The van der Waals surface area contributed by atoms with Gasteiger partial charge >= 0.3 is 12.4 Å². The molecule has 0 aliphatic carbocycles. The highest BCUT2D eigenvalue weighted by Gasteiger charge is 2.38. The maximum absolute atomic E-state index is 13.7. The summed E-state index contributed by atoms with van der Waals surface area (Å²) in [5.41, 5.74) is 0.705. The lowest BCUT2D eigenvalue weighted by atomic mass is 9.86. The number of nitrogens with one attached hydrogen (secondary N) is 1. The molecule has 0 saturated carbocycles. The van der Waals surface area contributed by atoms with Crippen LogP contribution in [0.25, 0.3) is 0 Å². The van der Waals surface area contributed by atoms with Gasteiger partial charge in [0.05, 0.1) is 66.3 Å². The van der Waals surface area contributed by atoms with Crippen LogP contribution in [0, 0.1) is 33.1 Å². The van der Waals surface area contributed by atoms with E-state index >= 15 is 0 Å². The second-order valence-electron chi connectivity index (χ2n) is 15.3. The van der Waals surface area contributed by atoms with Crippen LogP contribution in [0.15, 0.2) is 71.6 Å². The van der Waals surface area contributed by atoms with E-state index in [2.05, 4.69) is 31.0 Å². The molecule has 7 nitrogen and oxygen atoms in total. The van der Waals surface area contributed by atoms with Gasteiger partial charge in [0.15, 0.2) is 23.0 Å². The smallest absolute Gasteiger partial charge is 0.416 e.